The van der Waals surface area contributed by atoms with Crippen LogP contribution in [0.4, 0.5) is 0 Å². The topological polar surface area (TPSA) is 17.1 Å². The Balaban J connectivity index is 2.64. The van der Waals surface area contributed by atoms with Crippen molar-refractivity contribution in [3.63, 3.8) is 0 Å². The summed E-state index contributed by atoms with van der Waals surface area (Å²) >= 11 is 0. The third-order valence-corrected chi connectivity index (χ3v) is 1.39. The number of hydrogen-bond donors (Lipinski definition) is 0. The minimum atomic E-state index is 0.0161. The van der Waals surface area contributed by atoms with Gasteiger partial charge in [-0.1, -0.05) is 30.0 Å². The van der Waals surface area contributed by atoms with Crippen molar-refractivity contribution in [2.75, 3.05) is 0 Å². The molecule has 1 heteroatoms. The molecule has 0 bridgehead atoms. The van der Waals surface area contributed by atoms with E-state index < -0.39 is 0 Å². The van der Waals surface area contributed by atoms with E-state index in [1.54, 1.807) is 6.08 Å². The minimum Gasteiger partial charge on any atom is -0.295 e. The highest BCUT2D eigenvalue weighted by Crippen LogP contribution is 1.94. The quantitative estimate of drug-likeness (QED) is 0.466. The van der Waals surface area contributed by atoms with Crippen LogP contribution in [0.25, 0.3) is 0 Å². The van der Waals surface area contributed by atoms with Gasteiger partial charge in [0.25, 0.3) is 0 Å². The highest BCUT2D eigenvalue weighted by Gasteiger charge is 1.80. The molecule has 0 saturated carbocycles. The first kappa shape index (κ1) is 9.28. The smallest absolute Gasteiger partial charge is 0.153 e. The summed E-state index contributed by atoms with van der Waals surface area (Å²) in [5, 5.41) is 0. The predicted octanol–water partition coefficient (Wildman–Crippen LogP) is 2.18. The average molecular weight is 170 g/mol. The zero-order valence-electron chi connectivity index (χ0n) is 7.45. The molecule has 0 aliphatic heterocycles. The first-order valence-electron chi connectivity index (χ1n) is 4.03. The maximum Gasteiger partial charge on any atom is 0.153 e. The second kappa shape index (κ2) is 4.95. The van der Waals surface area contributed by atoms with Gasteiger partial charge in [0.1, 0.15) is 0 Å². The van der Waals surface area contributed by atoms with Gasteiger partial charge in [-0.15, -0.1) is 0 Å². The average Bonchev–Trinajstić information content (AvgIpc) is 2.14. The molecule has 0 amide bonds. The summed E-state index contributed by atoms with van der Waals surface area (Å²) in [5.41, 5.74) is 0.954. The van der Waals surface area contributed by atoms with Gasteiger partial charge in [-0.2, -0.15) is 0 Å². The molecule has 1 rings (SSSR count). The van der Waals surface area contributed by atoms with E-state index in [4.69, 9.17) is 0 Å². The monoisotopic (exact) mass is 170 g/mol. The van der Waals surface area contributed by atoms with Gasteiger partial charge >= 0.3 is 0 Å². The molecule has 0 aromatic heterocycles. The van der Waals surface area contributed by atoms with Crippen LogP contribution in [0.1, 0.15) is 12.5 Å². The number of carbonyl (C=O) groups is 1. The van der Waals surface area contributed by atoms with Crippen molar-refractivity contribution in [1.82, 2.24) is 0 Å². The van der Waals surface area contributed by atoms with E-state index in [9.17, 15) is 4.79 Å². The zero-order valence-corrected chi connectivity index (χ0v) is 7.45. The van der Waals surface area contributed by atoms with Gasteiger partial charge in [-0.05, 0) is 31.2 Å². The third kappa shape index (κ3) is 3.93. The summed E-state index contributed by atoms with van der Waals surface area (Å²) in [6, 6.07) is 9.65. The summed E-state index contributed by atoms with van der Waals surface area (Å²) in [4.78, 5) is 10.5. The molecule has 0 atom stereocenters. The Bertz CT molecular complexity index is 363. The fourth-order valence-corrected chi connectivity index (χ4v) is 0.806. The van der Waals surface area contributed by atoms with Gasteiger partial charge in [0.15, 0.2) is 5.78 Å². The molecule has 0 radical (unpaired) electrons. The molecule has 13 heavy (non-hydrogen) atoms. The van der Waals surface area contributed by atoms with E-state index in [2.05, 4.69) is 11.8 Å². The van der Waals surface area contributed by atoms with Crippen LogP contribution in [-0.2, 0) is 4.79 Å². The molecule has 0 aliphatic carbocycles. The molecular formula is C12H10O. The van der Waals surface area contributed by atoms with Crippen molar-refractivity contribution in [3.8, 4) is 11.8 Å². The summed E-state index contributed by atoms with van der Waals surface area (Å²) in [7, 11) is 0. The molecule has 1 aromatic carbocycles. The molecule has 1 aromatic rings. The molecule has 0 aliphatic rings. The van der Waals surface area contributed by atoms with Crippen LogP contribution in [-0.4, -0.2) is 5.78 Å². The second-order valence-corrected chi connectivity index (χ2v) is 2.58. The lowest BCUT2D eigenvalue weighted by Crippen LogP contribution is -1.77. The highest BCUT2D eigenvalue weighted by molar-refractivity contribution is 5.87. The Hall–Kier alpha value is -1.81. The van der Waals surface area contributed by atoms with E-state index >= 15 is 0 Å². The Labute approximate surface area is 78.1 Å². The number of ketones is 1. The standard InChI is InChI=1S/C12H10O/c1-11(13)7-5-6-10-12-8-3-2-4-9-12/h2-5,7-9H,1H3. The van der Waals surface area contributed by atoms with Crippen molar-refractivity contribution >= 4 is 5.78 Å². The van der Waals surface area contributed by atoms with Gasteiger partial charge in [-0.3, -0.25) is 4.79 Å². The Morgan fingerprint density at radius 3 is 2.62 bits per heavy atom. The SMILES string of the molecule is CC(=O)C=CC#Cc1ccccc1. The van der Waals surface area contributed by atoms with Crippen LogP contribution >= 0.6 is 0 Å². The maximum atomic E-state index is 10.5. The maximum absolute atomic E-state index is 10.5. The van der Waals surface area contributed by atoms with Crippen molar-refractivity contribution in [2.24, 2.45) is 0 Å². The Morgan fingerprint density at radius 1 is 1.31 bits per heavy atom. The van der Waals surface area contributed by atoms with Crippen molar-refractivity contribution in [3.05, 3.63) is 48.0 Å². The third-order valence-electron chi connectivity index (χ3n) is 1.39. The number of rotatable bonds is 1. The summed E-state index contributed by atoms with van der Waals surface area (Å²) in [5.74, 6) is 5.71. The lowest BCUT2D eigenvalue weighted by atomic mass is 10.2. The van der Waals surface area contributed by atoms with Crippen LogP contribution in [0.2, 0.25) is 0 Å². The van der Waals surface area contributed by atoms with Crippen LogP contribution in [0.15, 0.2) is 42.5 Å². The fraction of sp³-hybridized carbons (Fsp3) is 0.0833. The van der Waals surface area contributed by atoms with E-state index in [0.29, 0.717) is 0 Å². The largest absolute Gasteiger partial charge is 0.295 e. The second-order valence-electron chi connectivity index (χ2n) is 2.58. The molecule has 0 saturated heterocycles. The molecule has 0 unspecified atom stereocenters. The molecule has 0 heterocycles. The molecular weight excluding hydrogens is 160 g/mol. The van der Waals surface area contributed by atoms with Crippen LogP contribution in [0, 0.1) is 11.8 Å². The lowest BCUT2D eigenvalue weighted by Gasteiger charge is -1.84. The van der Waals surface area contributed by atoms with Gasteiger partial charge in [0.2, 0.25) is 0 Å². The van der Waals surface area contributed by atoms with Crippen LogP contribution < -0.4 is 0 Å². The van der Waals surface area contributed by atoms with Gasteiger partial charge in [0.05, 0.1) is 0 Å². The number of hydrogen-bond acceptors (Lipinski definition) is 1. The molecule has 1 nitrogen and oxygen atoms in total. The first-order valence-corrected chi connectivity index (χ1v) is 4.03. The molecule has 0 fully saturated rings. The van der Waals surface area contributed by atoms with Gasteiger partial charge in [0, 0.05) is 5.56 Å². The Morgan fingerprint density at radius 2 is 2.00 bits per heavy atom. The van der Waals surface area contributed by atoms with Crippen molar-refractivity contribution in [1.29, 1.82) is 0 Å². The molecule has 0 N–H and O–H groups in total. The fourth-order valence-electron chi connectivity index (χ4n) is 0.806. The van der Waals surface area contributed by atoms with E-state index in [1.165, 1.54) is 13.0 Å². The van der Waals surface area contributed by atoms with Gasteiger partial charge in [-0.25, -0.2) is 0 Å². The van der Waals surface area contributed by atoms with E-state index in [1.807, 2.05) is 30.3 Å². The first-order chi connectivity index (χ1) is 6.29. The van der Waals surface area contributed by atoms with E-state index in [-0.39, 0.29) is 5.78 Å². The van der Waals surface area contributed by atoms with Crippen molar-refractivity contribution < 1.29 is 4.79 Å². The highest BCUT2D eigenvalue weighted by atomic mass is 16.1. The number of benzene rings is 1. The zero-order chi connectivity index (χ0) is 9.52. The predicted molar refractivity (Wildman–Crippen MR) is 53.1 cm³/mol. The molecule has 64 valence electrons. The van der Waals surface area contributed by atoms with Crippen molar-refractivity contribution in [2.45, 2.75) is 6.92 Å². The van der Waals surface area contributed by atoms with Gasteiger partial charge < -0.3 is 0 Å². The summed E-state index contributed by atoms with van der Waals surface area (Å²) in [6.45, 7) is 1.50. The lowest BCUT2D eigenvalue weighted by molar-refractivity contribution is -0.112. The number of allylic oxidation sites excluding steroid dienone is 2. The minimum absolute atomic E-state index is 0.0161. The van der Waals surface area contributed by atoms with Crippen LogP contribution in [0.3, 0.4) is 0 Å². The van der Waals surface area contributed by atoms with E-state index in [0.717, 1.165) is 5.56 Å². The summed E-state index contributed by atoms with van der Waals surface area (Å²) in [6.07, 6.45) is 3.02. The van der Waals surface area contributed by atoms with Crippen LogP contribution in [0.5, 0.6) is 0 Å². The normalized spacial score (nSPS) is 9.31. The summed E-state index contributed by atoms with van der Waals surface area (Å²) < 4.78 is 0. The number of carbonyl (C=O) groups excluding carboxylic acids is 1. The molecule has 0 spiro atoms. The Kier molecular flexibility index (Phi) is 3.53.